The Morgan fingerprint density at radius 1 is 1.08 bits per heavy atom. The number of dihydropyridines is 1. The van der Waals surface area contributed by atoms with Gasteiger partial charge in [0.2, 0.25) is 0 Å². The number of likely N-dealkylation sites (N-methyl/N-ethyl adjacent to an activating group) is 1. The maximum absolute atomic E-state index is 13.6. The molecule has 0 bridgehead atoms. The van der Waals surface area contributed by atoms with Crippen LogP contribution in [0.3, 0.4) is 0 Å². The van der Waals surface area contributed by atoms with Crippen molar-refractivity contribution in [1.29, 1.82) is 0 Å². The Kier molecular flexibility index (Phi) is 7.21. The molecule has 1 aromatic carbocycles. The quantitative estimate of drug-likeness (QED) is 0.292. The molecule has 3 heterocycles. The van der Waals surface area contributed by atoms with Crippen molar-refractivity contribution in [2.45, 2.75) is 24.9 Å². The number of rotatable bonds is 7. The second kappa shape index (κ2) is 10.2. The van der Waals surface area contributed by atoms with E-state index in [9.17, 15) is 26.3 Å². The fourth-order valence-electron chi connectivity index (χ4n) is 3.83. The highest BCUT2D eigenvalue weighted by Gasteiger charge is 2.39. The Balaban J connectivity index is 1.75. The molecule has 0 radical (unpaired) electrons. The van der Waals surface area contributed by atoms with Gasteiger partial charge in [-0.2, -0.15) is 26.3 Å². The lowest BCUT2D eigenvalue weighted by molar-refractivity contribution is -0.137. The third-order valence-electron chi connectivity index (χ3n) is 5.54. The van der Waals surface area contributed by atoms with Crippen molar-refractivity contribution in [2.75, 3.05) is 18.9 Å². The van der Waals surface area contributed by atoms with Crippen LogP contribution < -0.4 is 10.6 Å². The summed E-state index contributed by atoms with van der Waals surface area (Å²) in [4.78, 5) is 15.2. The predicted octanol–water partition coefficient (Wildman–Crippen LogP) is 6.05. The van der Waals surface area contributed by atoms with Crippen LogP contribution in [0.15, 0.2) is 73.1 Å². The summed E-state index contributed by atoms with van der Waals surface area (Å²) in [5.74, 6) is 0.551. The zero-order valence-corrected chi connectivity index (χ0v) is 19.5. The molecule has 6 nitrogen and oxygen atoms in total. The maximum Gasteiger partial charge on any atom is 0.416 e. The zero-order chi connectivity index (χ0) is 26.8. The lowest BCUT2D eigenvalue weighted by atomic mass is 9.97. The van der Waals surface area contributed by atoms with Crippen LogP contribution >= 0.6 is 0 Å². The number of anilines is 2. The molecule has 2 N–H and O–H groups in total. The van der Waals surface area contributed by atoms with E-state index in [4.69, 9.17) is 0 Å². The van der Waals surface area contributed by atoms with Crippen LogP contribution in [-0.2, 0) is 12.7 Å². The molecule has 4 rings (SSSR count). The Labute approximate surface area is 208 Å². The van der Waals surface area contributed by atoms with Gasteiger partial charge in [0.15, 0.2) is 5.82 Å². The molecular weight excluding hydrogens is 498 g/mol. The molecule has 3 aromatic rings. The topological polar surface area (TPSA) is 66.0 Å². The predicted molar refractivity (Wildman–Crippen MR) is 128 cm³/mol. The number of allylic oxidation sites excluding steroid dienone is 2. The summed E-state index contributed by atoms with van der Waals surface area (Å²) in [7, 11) is 1.81. The van der Waals surface area contributed by atoms with Gasteiger partial charge in [-0.15, -0.1) is 6.58 Å². The monoisotopic (exact) mass is 520 g/mol. The highest BCUT2D eigenvalue weighted by atomic mass is 19.4. The summed E-state index contributed by atoms with van der Waals surface area (Å²) in [6.45, 7) is 4.50. The number of benzene rings is 1. The van der Waals surface area contributed by atoms with Gasteiger partial charge < -0.3 is 10.6 Å². The van der Waals surface area contributed by atoms with Crippen LogP contribution in [0.4, 0.5) is 37.8 Å². The standard InChI is InChI=1S/C25H22F6N6/c1-3-11-37(2)14-20-35-19-12-15(21-18(25(29,30)31)5-4-10-32-21)13-33-22(19)23(36-20)34-17-8-6-16(7-9-17)24(26,27)28/h3-10,12-13,21,32H,1,11,14H2,2H3,(H,34,35,36). The van der Waals surface area contributed by atoms with Crippen molar-refractivity contribution in [1.82, 2.24) is 25.2 Å². The fraction of sp³-hybridized carbons (Fsp3) is 0.240. The van der Waals surface area contributed by atoms with E-state index in [2.05, 4.69) is 32.2 Å². The summed E-state index contributed by atoms with van der Waals surface area (Å²) < 4.78 is 79.6. The van der Waals surface area contributed by atoms with E-state index in [1.54, 1.807) is 6.08 Å². The van der Waals surface area contributed by atoms with E-state index in [0.29, 0.717) is 18.1 Å². The number of fused-ring (bicyclic) bond motifs is 1. The van der Waals surface area contributed by atoms with Crippen LogP contribution in [-0.4, -0.2) is 39.6 Å². The van der Waals surface area contributed by atoms with E-state index in [-0.39, 0.29) is 29.0 Å². The highest BCUT2D eigenvalue weighted by Crippen LogP contribution is 2.38. The third-order valence-corrected chi connectivity index (χ3v) is 5.54. The maximum atomic E-state index is 13.6. The number of aromatic nitrogens is 3. The Bertz CT molecular complexity index is 1340. The number of hydrogen-bond donors (Lipinski definition) is 2. The van der Waals surface area contributed by atoms with Gasteiger partial charge in [-0.05, 0) is 55.2 Å². The van der Waals surface area contributed by atoms with Gasteiger partial charge in [0.1, 0.15) is 11.3 Å². The highest BCUT2D eigenvalue weighted by molar-refractivity contribution is 5.87. The van der Waals surface area contributed by atoms with Crippen molar-refractivity contribution in [3.05, 3.63) is 90.1 Å². The first-order valence-corrected chi connectivity index (χ1v) is 11.1. The SMILES string of the molecule is C=CCN(C)Cc1nc(Nc2ccc(C(F)(F)F)cc2)c2ncc(C3NC=CC=C3C(F)(F)F)cc2n1. The second-order valence-electron chi connectivity index (χ2n) is 8.39. The molecule has 1 aliphatic rings. The van der Waals surface area contributed by atoms with Crippen LogP contribution in [0.5, 0.6) is 0 Å². The van der Waals surface area contributed by atoms with Gasteiger partial charge in [0, 0.05) is 18.4 Å². The van der Waals surface area contributed by atoms with Crippen molar-refractivity contribution >= 4 is 22.5 Å². The minimum Gasteiger partial charge on any atom is -0.380 e. The van der Waals surface area contributed by atoms with E-state index in [1.807, 2.05) is 11.9 Å². The van der Waals surface area contributed by atoms with Crippen LogP contribution in [0.1, 0.15) is 23.0 Å². The molecule has 12 heteroatoms. The van der Waals surface area contributed by atoms with Crippen molar-refractivity contribution in [3.63, 3.8) is 0 Å². The number of hydrogen-bond acceptors (Lipinski definition) is 6. The molecule has 0 spiro atoms. The molecule has 0 saturated heterocycles. The Morgan fingerprint density at radius 3 is 2.46 bits per heavy atom. The molecule has 37 heavy (non-hydrogen) atoms. The van der Waals surface area contributed by atoms with E-state index in [1.165, 1.54) is 36.7 Å². The van der Waals surface area contributed by atoms with Crippen LogP contribution in [0.25, 0.3) is 11.0 Å². The molecule has 2 aromatic heterocycles. The van der Waals surface area contributed by atoms with E-state index < -0.39 is 29.5 Å². The van der Waals surface area contributed by atoms with Gasteiger partial charge in [0.05, 0.1) is 29.2 Å². The van der Waals surface area contributed by atoms with Crippen molar-refractivity contribution in [2.24, 2.45) is 0 Å². The summed E-state index contributed by atoms with van der Waals surface area (Å²) >= 11 is 0. The summed E-state index contributed by atoms with van der Waals surface area (Å²) in [5.41, 5.74) is -0.484. The largest absolute Gasteiger partial charge is 0.416 e. The fourth-order valence-corrected chi connectivity index (χ4v) is 3.83. The summed E-state index contributed by atoms with van der Waals surface area (Å²) in [6, 6.07) is 4.69. The second-order valence-corrected chi connectivity index (χ2v) is 8.39. The minimum absolute atomic E-state index is 0.210. The molecule has 1 unspecified atom stereocenters. The van der Waals surface area contributed by atoms with E-state index in [0.717, 1.165) is 18.2 Å². The third kappa shape index (κ3) is 6.08. The number of halogens is 6. The summed E-state index contributed by atoms with van der Waals surface area (Å²) in [6.07, 6.45) is -2.37. The molecule has 1 atom stereocenters. The van der Waals surface area contributed by atoms with Gasteiger partial charge in [-0.1, -0.05) is 12.2 Å². The first kappa shape index (κ1) is 26.1. The first-order valence-electron chi connectivity index (χ1n) is 11.1. The van der Waals surface area contributed by atoms with Crippen LogP contribution in [0, 0.1) is 0 Å². The minimum atomic E-state index is -4.56. The zero-order valence-electron chi connectivity index (χ0n) is 19.5. The molecule has 0 amide bonds. The summed E-state index contributed by atoms with van der Waals surface area (Å²) in [5, 5.41) is 5.68. The van der Waals surface area contributed by atoms with E-state index >= 15 is 0 Å². The first-order chi connectivity index (χ1) is 17.5. The van der Waals surface area contributed by atoms with Gasteiger partial charge >= 0.3 is 12.4 Å². The average molecular weight is 520 g/mol. The molecule has 0 aliphatic carbocycles. The lowest BCUT2D eigenvalue weighted by Gasteiger charge is -2.25. The molecule has 0 saturated carbocycles. The van der Waals surface area contributed by atoms with Gasteiger partial charge in [-0.25, -0.2) is 9.97 Å². The average Bonchev–Trinajstić information content (AvgIpc) is 2.83. The van der Waals surface area contributed by atoms with Gasteiger partial charge in [-0.3, -0.25) is 9.88 Å². The normalized spacial score (nSPS) is 16.0. The number of nitrogens with zero attached hydrogens (tertiary/aromatic N) is 4. The Morgan fingerprint density at radius 2 is 1.81 bits per heavy atom. The number of nitrogens with one attached hydrogen (secondary N) is 2. The molecule has 194 valence electrons. The number of alkyl halides is 6. The molecular formula is C25H22F6N6. The van der Waals surface area contributed by atoms with Crippen LogP contribution in [0.2, 0.25) is 0 Å². The Hall–Kier alpha value is -3.93. The number of pyridine rings is 1. The molecule has 0 fully saturated rings. The van der Waals surface area contributed by atoms with Crippen molar-refractivity contribution < 1.29 is 26.3 Å². The van der Waals surface area contributed by atoms with Gasteiger partial charge in [0.25, 0.3) is 0 Å². The van der Waals surface area contributed by atoms with Crippen molar-refractivity contribution in [3.8, 4) is 0 Å². The smallest absolute Gasteiger partial charge is 0.380 e. The molecule has 1 aliphatic heterocycles. The lowest BCUT2D eigenvalue weighted by Crippen LogP contribution is -2.28.